The molecule has 0 aliphatic carbocycles. The van der Waals surface area contributed by atoms with Gasteiger partial charge in [-0.1, -0.05) is 43.3 Å². The standard InChI is InChI=1S/C16H20N2S/c1-3-8-14(17-4-2)11-16-18-15(12-19-16)13-9-6-5-7-10-13/h3,5-7,9-10,12,14,17H,1,4,8,11H2,2H3. The number of benzene rings is 1. The highest BCUT2D eigenvalue weighted by Gasteiger charge is 2.10. The molecular formula is C16H20N2S. The molecule has 19 heavy (non-hydrogen) atoms. The second-order valence-electron chi connectivity index (χ2n) is 4.48. The van der Waals surface area contributed by atoms with Crippen molar-refractivity contribution in [3.05, 3.63) is 53.4 Å². The van der Waals surface area contributed by atoms with Crippen molar-refractivity contribution >= 4 is 11.3 Å². The van der Waals surface area contributed by atoms with Crippen LogP contribution in [0.5, 0.6) is 0 Å². The van der Waals surface area contributed by atoms with Crippen LogP contribution in [0.4, 0.5) is 0 Å². The lowest BCUT2D eigenvalue weighted by Gasteiger charge is -2.13. The fourth-order valence-electron chi connectivity index (χ4n) is 2.09. The summed E-state index contributed by atoms with van der Waals surface area (Å²) < 4.78 is 0. The number of aromatic nitrogens is 1. The zero-order valence-electron chi connectivity index (χ0n) is 11.3. The number of likely N-dealkylation sites (N-methyl/N-ethyl adjacent to an activating group) is 1. The van der Waals surface area contributed by atoms with Gasteiger partial charge in [-0.05, 0) is 13.0 Å². The molecule has 0 aliphatic rings. The lowest BCUT2D eigenvalue weighted by atomic mass is 10.1. The summed E-state index contributed by atoms with van der Waals surface area (Å²) in [6.45, 7) is 6.93. The van der Waals surface area contributed by atoms with Crippen LogP contribution in [0.2, 0.25) is 0 Å². The molecule has 1 atom stereocenters. The van der Waals surface area contributed by atoms with E-state index in [0.29, 0.717) is 6.04 Å². The van der Waals surface area contributed by atoms with E-state index in [-0.39, 0.29) is 0 Å². The van der Waals surface area contributed by atoms with E-state index in [4.69, 9.17) is 4.98 Å². The Morgan fingerprint density at radius 3 is 2.84 bits per heavy atom. The lowest BCUT2D eigenvalue weighted by Crippen LogP contribution is -2.30. The monoisotopic (exact) mass is 272 g/mol. The molecule has 2 nitrogen and oxygen atoms in total. The third-order valence-corrected chi connectivity index (χ3v) is 3.86. The van der Waals surface area contributed by atoms with Gasteiger partial charge in [-0.3, -0.25) is 0 Å². The maximum absolute atomic E-state index is 4.73. The molecule has 0 saturated heterocycles. The van der Waals surface area contributed by atoms with E-state index in [9.17, 15) is 0 Å². The highest BCUT2D eigenvalue weighted by molar-refractivity contribution is 7.09. The summed E-state index contributed by atoms with van der Waals surface area (Å²) in [7, 11) is 0. The van der Waals surface area contributed by atoms with Gasteiger partial charge in [-0.2, -0.15) is 0 Å². The largest absolute Gasteiger partial charge is 0.314 e. The minimum Gasteiger partial charge on any atom is -0.314 e. The first-order chi connectivity index (χ1) is 9.33. The first kappa shape index (κ1) is 14.0. The molecule has 0 radical (unpaired) electrons. The average molecular weight is 272 g/mol. The van der Waals surface area contributed by atoms with Crippen LogP contribution in [0.1, 0.15) is 18.4 Å². The van der Waals surface area contributed by atoms with E-state index < -0.39 is 0 Å². The number of nitrogens with one attached hydrogen (secondary N) is 1. The Labute approximate surface area is 119 Å². The van der Waals surface area contributed by atoms with E-state index in [1.165, 1.54) is 10.6 Å². The number of rotatable bonds is 7. The van der Waals surface area contributed by atoms with Crippen LogP contribution in [0.3, 0.4) is 0 Å². The van der Waals surface area contributed by atoms with Gasteiger partial charge in [0.15, 0.2) is 0 Å². The van der Waals surface area contributed by atoms with Crippen LogP contribution >= 0.6 is 11.3 Å². The van der Waals surface area contributed by atoms with Crippen LogP contribution in [-0.4, -0.2) is 17.6 Å². The van der Waals surface area contributed by atoms with Gasteiger partial charge in [0.25, 0.3) is 0 Å². The molecule has 3 heteroatoms. The molecule has 100 valence electrons. The molecule has 1 N–H and O–H groups in total. The number of thiazole rings is 1. The molecule has 2 rings (SSSR count). The van der Waals surface area contributed by atoms with Crippen molar-refractivity contribution in [1.82, 2.24) is 10.3 Å². The van der Waals surface area contributed by atoms with Gasteiger partial charge < -0.3 is 5.32 Å². The molecule has 0 spiro atoms. The maximum Gasteiger partial charge on any atom is 0.0948 e. The summed E-state index contributed by atoms with van der Waals surface area (Å²) in [5.74, 6) is 0. The van der Waals surface area contributed by atoms with Gasteiger partial charge in [0.05, 0.1) is 10.7 Å². The minimum absolute atomic E-state index is 0.442. The fourth-order valence-corrected chi connectivity index (χ4v) is 2.97. The number of hydrogen-bond acceptors (Lipinski definition) is 3. The molecule has 0 fully saturated rings. The SMILES string of the molecule is C=CCC(Cc1nc(-c2ccccc2)cs1)NCC. The van der Waals surface area contributed by atoms with Crippen molar-refractivity contribution in [2.75, 3.05) is 6.54 Å². The molecule has 2 aromatic rings. The van der Waals surface area contributed by atoms with Gasteiger partial charge in [0, 0.05) is 23.4 Å². The molecule has 0 amide bonds. The minimum atomic E-state index is 0.442. The molecule has 1 unspecified atom stereocenters. The van der Waals surface area contributed by atoms with Crippen LogP contribution in [-0.2, 0) is 6.42 Å². The lowest BCUT2D eigenvalue weighted by molar-refractivity contribution is 0.529. The molecule has 0 bridgehead atoms. The van der Waals surface area contributed by atoms with E-state index in [1.807, 2.05) is 24.3 Å². The second-order valence-corrected chi connectivity index (χ2v) is 5.42. The van der Waals surface area contributed by atoms with E-state index in [0.717, 1.165) is 25.1 Å². The first-order valence-electron chi connectivity index (χ1n) is 6.67. The molecule has 1 aromatic heterocycles. The van der Waals surface area contributed by atoms with Crippen molar-refractivity contribution in [3.8, 4) is 11.3 Å². The third-order valence-electron chi connectivity index (χ3n) is 2.99. The van der Waals surface area contributed by atoms with Gasteiger partial charge in [-0.15, -0.1) is 17.9 Å². The van der Waals surface area contributed by atoms with Crippen molar-refractivity contribution in [2.45, 2.75) is 25.8 Å². The highest BCUT2D eigenvalue weighted by Crippen LogP contribution is 2.22. The quantitative estimate of drug-likeness (QED) is 0.773. The maximum atomic E-state index is 4.73. The number of nitrogens with zero attached hydrogens (tertiary/aromatic N) is 1. The Hall–Kier alpha value is -1.45. The van der Waals surface area contributed by atoms with Gasteiger partial charge in [-0.25, -0.2) is 4.98 Å². The predicted molar refractivity (Wildman–Crippen MR) is 83.5 cm³/mol. The van der Waals surface area contributed by atoms with Crippen molar-refractivity contribution in [2.24, 2.45) is 0 Å². The first-order valence-corrected chi connectivity index (χ1v) is 7.55. The van der Waals surface area contributed by atoms with Gasteiger partial charge in [0.1, 0.15) is 0 Å². The Morgan fingerprint density at radius 2 is 2.16 bits per heavy atom. The third kappa shape index (κ3) is 4.01. The van der Waals surface area contributed by atoms with E-state index in [1.54, 1.807) is 11.3 Å². The molecule has 1 heterocycles. The number of hydrogen-bond donors (Lipinski definition) is 1. The zero-order chi connectivity index (χ0) is 13.5. The molecular weight excluding hydrogens is 252 g/mol. The summed E-state index contributed by atoms with van der Waals surface area (Å²) in [4.78, 5) is 4.73. The van der Waals surface area contributed by atoms with Crippen LogP contribution < -0.4 is 5.32 Å². The van der Waals surface area contributed by atoms with Crippen LogP contribution in [0.15, 0.2) is 48.4 Å². The average Bonchev–Trinajstić information content (AvgIpc) is 2.89. The fraction of sp³-hybridized carbons (Fsp3) is 0.312. The van der Waals surface area contributed by atoms with Crippen molar-refractivity contribution in [1.29, 1.82) is 0 Å². The Balaban J connectivity index is 2.06. The second kappa shape index (κ2) is 7.22. The van der Waals surface area contributed by atoms with Gasteiger partial charge >= 0.3 is 0 Å². The van der Waals surface area contributed by atoms with Crippen LogP contribution in [0, 0.1) is 0 Å². The summed E-state index contributed by atoms with van der Waals surface area (Å²) in [5, 5.41) is 6.80. The van der Waals surface area contributed by atoms with E-state index >= 15 is 0 Å². The Morgan fingerprint density at radius 1 is 1.37 bits per heavy atom. The molecule has 1 aromatic carbocycles. The zero-order valence-corrected chi connectivity index (χ0v) is 12.1. The topological polar surface area (TPSA) is 24.9 Å². The summed E-state index contributed by atoms with van der Waals surface area (Å²) >= 11 is 1.74. The van der Waals surface area contributed by atoms with Gasteiger partial charge in [0.2, 0.25) is 0 Å². The summed E-state index contributed by atoms with van der Waals surface area (Å²) in [6.07, 6.45) is 3.92. The summed E-state index contributed by atoms with van der Waals surface area (Å²) in [6, 6.07) is 10.8. The molecule has 0 saturated carbocycles. The Bertz CT molecular complexity index is 504. The van der Waals surface area contributed by atoms with Crippen LogP contribution in [0.25, 0.3) is 11.3 Å². The smallest absolute Gasteiger partial charge is 0.0948 e. The normalized spacial score (nSPS) is 12.3. The summed E-state index contributed by atoms with van der Waals surface area (Å²) in [5.41, 5.74) is 2.27. The van der Waals surface area contributed by atoms with E-state index in [2.05, 4.69) is 36.3 Å². The highest BCUT2D eigenvalue weighted by atomic mass is 32.1. The molecule has 0 aliphatic heterocycles. The van der Waals surface area contributed by atoms with Crippen molar-refractivity contribution in [3.63, 3.8) is 0 Å². The predicted octanol–water partition coefficient (Wildman–Crippen LogP) is 3.91. The van der Waals surface area contributed by atoms with Crippen molar-refractivity contribution < 1.29 is 0 Å². The Kier molecular flexibility index (Phi) is 5.31.